The van der Waals surface area contributed by atoms with Gasteiger partial charge in [-0.3, -0.25) is 9.59 Å². The van der Waals surface area contributed by atoms with E-state index in [2.05, 4.69) is 31.3 Å². The summed E-state index contributed by atoms with van der Waals surface area (Å²) in [5.41, 5.74) is 0. The van der Waals surface area contributed by atoms with E-state index in [4.69, 9.17) is 4.74 Å². The van der Waals surface area contributed by atoms with Crippen LogP contribution in [-0.2, 0) is 14.3 Å². The maximum atomic E-state index is 12.4. The van der Waals surface area contributed by atoms with Crippen LogP contribution in [0.25, 0.3) is 0 Å². The summed E-state index contributed by atoms with van der Waals surface area (Å²) in [6.07, 6.45) is 56.0. The van der Waals surface area contributed by atoms with Gasteiger partial charge in [-0.15, -0.1) is 0 Å². The molecule has 0 spiro atoms. The van der Waals surface area contributed by atoms with Crippen LogP contribution in [0.5, 0.6) is 0 Å². The van der Waals surface area contributed by atoms with Crippen LogP contribution >= 0.6 is 0 Å². The molecular formula is C52H99NO5. The highest BCUT2D eigenvalue weighted by Gasteiger charge is 2.18. The molecule has 0 aromatic heterocycles. The molecule has 58 heavy (non-hydrogen) atoms. The second-order valence-electron chi connectivity index (χ2n) is 17.5. The molecule has 0 aromatic carbocycles. The molecule has 0 saturated heterocycles. The Morgan fingerprint density at radius 1 is 0.466 bits per heavy atom. The zero-order valence-corrected chi connectivity index (χ0v) is 38.8. The van der Waals surface area contributed by atoms with Gasteiger partial charge in [-0.1, -0.05) is 224 Å². The smallest absolute Gasteiger partial charge is 0.305 e. The molecule has 342 valence electrons. The van der Waals surface area contributed by atoms with E-state index in [9.17, 15) is 19.8 Å². The van der Waals surface area contributed by atoms with E-state index in [1.165, 1.54) is 186 Å². The van der Waals surface area contributed by atoms with E-state index in [-0.39, 0.29) is 18.5 Å². The Labute approximate surface area is 361 Å². The fraction of sp³-hybridized carbons (Fsp3) is 0.885. The number of amides is 1. The second-order valence-corrected chi connectivity index (χ2v) is 17.5. The minimum Gasteiger partial charge on any atom is -0.466 e. The molecule has 0 bridgehead atoms. The van der Waals surface area contributed by atoms with Gasteiger partial charge in [0.1, 0.15) is 0 Å². The van der Waals surface area contributed by atoms with Crippen molar-refractivity contribution in [2.45, 2.75) is 283 Å². The Kier molecular flexibility index (Phi) is 46.6. The molecular weight excluding hydrogens is 719 g/mol. The molecule has 0 rings (SSSR count). The van der Waals surface area contributed by atoms with Crippen molar-refractivity contribution in [1.29, 1.82) is 0 Å². The largest absolute Gasteiger partial charge is 0.466 e. The topological polar surface area (TPSA) is 95.9 Å². The van der Waals surface area contributed by atoms with Crippen LogP contribution in [0.1, 0.15) is 271 Å². The fourth-order valence-corrected chi connectivity index (χ4v) is 7.74. The number of unbranched alkanes of at least 4 members (excludes halogenated alkanes) is 34. The van der Waals surface area contributed by atoms with E-state index < -0.39 is 12.1 Å². The van der Waals surface area contributed by atoms with Crippen molar-refractivity contribution < 1.29 is 24.5 Å². The predicted octanol–water partition coefficient (Wildman–Crippen LogP) is 15.1. The van der Waals surface area contributed by atoms with E-state index in [0.29, 0.717) is 19.4 Å². The number of esters is 1. The number of aliphatic hydroxyl groups is 2. The van der Waals surface area contributed by atoms with Crippen LogP contribution in [0.2, 0.25) is 0 Å². The minimum atomic E-state index is -0.861. The van der Waals surface area contributed by atoms with Crippen LogP contribution in [0, 0.1) is 0 Å². The number of carbonyl (C=O) groups is 2. The molecule has 1 amide bonds. The van der Waals surface area contributed by atoms with Crippen LogP contribution in [-0.4, -0.2) is 47.4 Å². The SMILES string of the molecule is CCCCCCCCC/C=C\CCCCCCCCCC(=O)OCCCCCCCCCCCC(=O)NC(CO)C(O)/C=C/CCCCCCCCCCCCCC. The number of rotatable bonds is 47. The highest BCUT2D eigenvalue weighted by molar-refractivity contribution is 5.76. The standard InChI is InChI=1S/C52H99NO5/c1-3-5-7-9-11-13-15-17-19-20-21-22-24-26-30-34-38-42-46-52(57)58-47-43-39-35-31-27-29-33-37-41-45-51(56)53-49(48-54)50(55)44-40-36-32-28-25-23-18-16-14-12-10-8-6-4-2/h19-20,40,44,49-50,54-55H,3-18,21-39,41-43,45-48H2,1-2H3,(H,53,56)/b20-19-,44-40+. The molecule has 0 saturated carbocycles. The third kappa shape index (κ3) is 43.9. The van der Waals surface area contributed by atoms with E-state index >= 15 is 0 Å². The molecule has 0 radical (unpaired) electrons. The molecule has 2 atom stereocenters. The van der Waals surface area contributed by atoms with Crippen molar-refractivity contribution in [3.8, 4) is 0 Å². The summed E-state index contributed by atoms with van der Waals surface area (Å²) in [5, 5.41) is 23.0. The highest BCUT2D eigenvalue weighted by atomic mass is 16.5. The van der Waals surface area contributed by atoms with E-state index in [0.717, 1.165) is 57.8 Å². The molecule has 2 unspecified atom stereocenters. The molecule has 0 aromatic rings. The van der Waals surface area contributed by atoms with Crippen LogP contribution in [0.4, 0.5) is 0 Å². The first-order chi connectivity index (χ1) is 28.5. The number of nitrogens with one attached hydrogen (secondary N) is 1. The summed E-state index contributed by atoms with van der Waals surface area (Å²) in [6.45, 7) is 4.83. The molecule has 0 fully saturated rings. The summed E-state index contributed by atoms with van der Waals surface area (Å²) in [7, 11) is 0. The molecule has 6 heteroatoms. The zero-order chi connectivity index (χ0) is 42.3. The maximum absolute atomic E-state index is 12.4. The van der Waals surface area contributed by atoms with Gasteiger partial charge in [0, 0.05) is 12.8 Å². The molecule has 3 N–H and O–H groups in total. The maximum Gasteiger partial charge on any atom is 0.305 e. The summed E-state index contributed by atoms with van der Waals surface area (Å²) < 4.78 is 5.46. The van der Waals surface area contributed by atoms with Crippen molar-refractivity contribution >= 4 is 11.9 Å². The second kappa shape index (κ2) is 48.0. The number of carbonyl (C=O) groups excluding carboxylic acids is 2. The van der Waals surface area contributed by atoms with Gasteiger partial charge in [-0.05, 0) is 57.8 Å². The molecule has 6 nitrogen and oxygen atoms in total. The number of aliphatic hydroxyl groups excluding tert-OH is 2. The minimum absolute atomic E-state index is 0.0305. The third-order valence-electron chi connectivity index (χ3n) is 11.7. The lowest BCUT2D eigenvalue weighted by Gasteiger charge is -2.20. The zero-order valence-electron chi connectivity index (χ0n) is 38.8. The number of allylic oxidation sites excluding steroid dienone is 3. The van der Waals surface area contributed by atoms with Gasteiger partial charge in [0.15, 0.2) is 0 Å². The normalized spacial score (nSPS) is 12.8. The number of ether oxygens (including phenoxy) is 1. The van der Waals surface area contributed by atoms with Crippen LogP contribution in [0.3, 0.4) is 0 Å². The highest BCUT2D eigenvalue weighted by Crippen LogP contribution is 2.15. The fourth-order valence-electron chi connectivity index (χ4n) is 7.74. The lowest BCUT2D eigenvalue weighted by Crippen LogP contribution is -2.45. The Bertz CT molecular complexity index is 904. The van der Waals surface area contributed by atoms with E-state index in [1.807, 2.05) is 6.08 Å². The van der Waals surface area contributed by atoms with Crippen molar-refractivity contribution in [2.75, 3.05) is 13.2 Å². The van der Waals surface area contributed by atoms with E-state index in [1.54, 1.807) is 6.08 Å². The number of hydrogen-bond acceptors (Lipinski definition) is 5. The van der Waals surface area contributed by atoms with Gasteiger partial charge in [0.2, 0.25) is 5.91 Å². The van der Waals surface area contributed by atoms with Gasteiger partial charge >= 0.3 is 5.97 Å². The Morgan fingerprint density at radius 2 is 0.810 bits per heavy atom. The lowest BCUT2D eigenvalue weighted by atomic mass is 10.0. The summed E-state index contributed by atoms with van der Waals surface area (Å²) >= 11 is 0. The average Bonchev–Trinajstić information content (AvgIpc) is 3.22. The summed E-state index contributed by atoms with van der Waals surface area (Å²) in [6, 6.07) is -0.647. The van der Waals surface area contributed by atoms with Gasteiger partial charge in [0.25, 0.3) is 0 Å². The summed E-state index contributed by atoms with van der Waals surface area (Å²) in [4.78, 5) is 24.5. The quantitative estimate of drug-likeness (QED) is 0.0323. The first kappa shape index (κ1) is 56.3. The van der Waals surface area contributed by atoms with Crippen molar-refractivity contribution in [3.05, 3.63) is 24.3 Å². The molecule has 0 heterocycles. The lowest BCUT2D eigenvalue weighted by molar-refractivity contribution is -0.143. The average molecular weight is 818 g/mol. The Morgan fingerprint density at radius 3 is 1.22 bits per heavy atom. The summed E-state index contributed by atoms with van der Waals surface area (Å²) in [5.74, 6) is -0.126. The monoisotopic (exact) mass is 818 g/mol. The molecule has 0 aliphatic heterocycles. The molecule has 0 aliphatic carbocycles. The van der Waals surface area contributed by atoms with Crippen molar-refractivity contribution in [2.24, 2.45) is 0 Å². The number of hydrogen-bond donors (Lipinski definition) is 3. The third-order valence-corrected chi connectivity index (χ3v) is 11.7. The first-order valence-electron chi connectivity index (χ1n) is 25.6. The van der Waals surface area contributed by atoms with Crippen molar-refractivity contribution in [3.63, 3.8) is 0 Å². The van der Waals surface area contributed by atoms with Crippen LogP contribution in [0.15, 0.2) is 24.3 Å². The predicted molar refractivity (Wildman–Crippen MR) is 250 cm³/mol. The Hall–Kier alpha value is -1.66. The van der Waals surface area contributed by atoms with Crippen LogP contribution < -0.4 is 5.32 Å². The molecule has 0 aliphatic rings. The van der Waals surface area contributed by atoms with Gasteiger partial charge in [-0.2, -0.15) is 0 Å². The van der Waals surface area contributed by atoms with Crippen molar-refractivity contribution in [1.82, 2.24) is 5.32 Å². The van der Waals surface area contributed by atoms with Gasteiger partial charge in [0.05, 0.1) is 25.4 Å². The first-order valence-corrected chi connectivity index (χ1v) is 25.6. The van der Waals surface area contributed by atoms with Gasteiger partial charge < -0.3 is 20.3 Å². The van der Waals surface area contributed by atoms with Gasteiger partial charge in [-0.25, -0.2) is 0 Å². The Balaban J connectivity index is 3.51.